The fraction of sp³-hybridized carbons (Fsp3) is 0.467. The van der Waals surface area contributed by atoms with Crippen molar-refractivity contribution in [3.63, 3.8) is 0 Å². The lowest BCUT2D eigenvalue weighted by Gasteiger charge is -2.18. The first-order valence-corrected chi connectivity index (χ1v) is 7.13. The molecule has 2 atom stereocenters. The van der Waals surface area contributed by atoms with Crippen molar-refractivity contribution in [2.75, 3.05) is 31.5 Å². The van der Waals surface area contributed by atoms with Crippen LogP contribution in [0.3, 0.4) is 0 Å². The Labute approximate surface area is 117 Å². The molecule has 20 heavy (non-hydrogen) atoms. The Kier molecular flexibility index (Phi) is 2.57. The predicted octanol–water partition coefficient (Wildman–Crippen LogP) is 0.473. The van der Waals surface area contributed by atoms with Crippen LogP contribution in [-0.2, 0) is 11.2 Å². The van der Waals surface area contributed by atoms with E-state index in [1.54, 1.807) is 0 Å². The van der Waals surface area contributed by atoms with Gasteiger partial charge in [-0.1, -0.05) is 6.07 Å². The van der Waals surface area contributed by atoms with Gasteiger partial charge >= 0.3 is 0 Å². The van der Waals surface area contributed by atoms with Crippen molar-refractivity contribution in [3.8, 4) is 0 Å². The fourth-order valence-electron chi connectivity index (χ4n) is 3.55. The molecule has 2 saturated heterocycles. The van der Waals surface area contributed by atoms with Crippen molar-refractivity contribution in [1.82, 2.24) is 10.2 Å². The van der Waals surface area contributed by atoms with E-state index >= 15 is 0 Å². The lowest BCUT2D eigenvalue weighted by Crippen LogP contribution is -2.31. The summed E-state index contributed by atoms with van der Waals surface area (Å²) in [5, 5.41) is 6.18. The van der Waals surface area contributed by atoms with Crippen molar-refractivity contribution >= 4 is 17.5 Å². The van der Waals surface area contributed by atoms with Crippen molar-refractivity contribution < 1.29 is 9.59 Å². The number of nitrogens with one attached hydrogen (secondary N) is 2. The van der Waals surface area contributed by atoms with Gasteiger partial charge in [-0.05, 0) is 29.5 Å². The highest BCUT2D eigenvalue weighted by Gasteiger charge is 2.38. The summed E-state index contributed by atoms with van der Waals surface area (Å²) in [5.41, 5.74) is 2.45. The quantitative estimate of drug-likeness (QED) is 0.780. The Morgan fingerprint density at radius 1 is 1.20 bits per heavy atom. The van der Waals surface area contributed by atoms with Crippen LogP contribution in [0.2, 0.25) is 0 Å². The molecule has 4 rings (SSSR count). The summed E-state index contributed by atoms with van der Waals surface area (Å²) in [7, 11) is 0. The molecule has 0 radical (unpaired) electrons. The van der Waals surface area contributed by atoms with Gasteiger partial charge in [-0.3, -0.25) is 9.59 Å². The van der Waals surface area contributed by atoms with Crippen LogP contribution < -0.4 is 10.6 Å². The zero-order chi connectivity index (χ0) is 13.7. The summed E-state index contributed by atoms with van der Waals surface area (Å²) in [6, 6.07) is 5.54. The van der Waals surface area contributed by atoms with Crippen LogP contribution in [0, 0.1) is 11.8 Å². The third-order valence-corrected chi connectivity index (χ3v) is 4.66. The second-order valence-electron chi connectivity index (χ2n) is 5.99. The van der Waals surface area contributed by atoms with Gasteiger partial charge in [-0.15, -0.1) is 0 Å². The van der Waals surface area contributed by atoms with Crippen LogP contribution in [0.25, 0.3) is 0 Å². The van der Waals surface area contributed by atoms with Crippen LogP contribution >= 0.6 is 0 Å². The number of hydrogen-bond donors (Lipinski definition) is 2. The van der Waals surface area contributed by atoms with Gasteiger partial charge in [0.15, 0.2) is 0 Å². The van der Waals surface area contributed by atoms with Gasteiger partial charge in [-0.2, -0.15) is 0 Å². The number of carbonyl (C=O) groups is 2. The molecule has 0 saturated carbocycles. The van der Waals surface area contributed by atoms with Gasteiger partial charge in [0.25, 0.3) is 5.91 Å². The van der Waals surface area contributed by atoms with Gasteiger partial charge < -0.3 is 15.5 Å². The van der Waals surface area contributed by atoms with Gasteiger partial charge in [-0.25, -0.2) is 0 Å². The molecule has 3 heterocycles. The Bertz CT molecular complexity index is 587. The number of benzene rings is 1. The molecule has 0 spiro atoms. The SMILES string of the molecule is O=C1Cc2ccc(C(=O)N3C[C@H]4CNC[C@H]4C3)cc2N1. The molecular weight excluding hydrogens is 254 g/mol. The van der Waals surface area contributed by atoms with E-state index in [0.29, 0.717) is 23.8 Å². The normalized spacial score (nSPS) is 27.4. The van der Waals surface area contributed by atoms with E-state index in [2.05, 4.69) is 10.6 Å². The summed E-state index contributed by atoms with van der Waals surface area (Å²) in [4.78, 5) is 25.9. The largest absolute Gasteiger partial charge is 0.338 e. The Balaban J connectivity index is 1.55. The maximum atomic E-state index is 12.6. The number of nitrogens with zero attached hydrogens (tertiary/aromatic N) is 1. The highest BCUT2D eigenvalue weighted by Crippen LogP contribution is 2.29. The molecule has 3 aliphatic rings. The van der Waals surface area contributed by atoms with Crippen molar-refractivity contribution in [2.24, 2.45) is 11.8 Å². The maximum absolute atomic E-state index is 12.6. The van der Waals surface area contributed by atoms with Crippen LogP contribution in [0.1, 0.15) is 15.9 Å². The summed E-state index contributed by atoms with van der Waals surface area (Å²) in [5.74, 6) is 1.30. The van der Waals surface area contributed by atoms with E-state index < -0.39 is 0 Å². The minimum atomic E-state index is 0.00591. The fourth-order valence-corrected chi connectivity index (χ4v) is 3.55. The first-order chi connectivity index (χ1) is 9.70. The molecule has 2 fully saturated rings. The van der Waals surface area contributed by atoms with E-state index in [1.807, 2.05) is 23.1 Å². The number of rotatable bonds is 1. The van der Waals surface area contributed by atoms with Crippen molar-refractivity contribution in [3.05, 3.63) is 29.3 Å². The van der Waals surface area contributed by atoms with Crippen LogP contribution in [0.15, 0.2) is 18.2 Å². The number of carbonyl (C=O) groups excluding carboxylic acids is 2. The van der Waals surface area contributed by atoms with Gasteiger partial charge in [0, 0.05) is 37.4 Å². The van der Waals surface area contributed by atoms with E-state index in [0.717, 1.165) is 37.4 Å². The summed E-state index contributed by atoms with van der Waals surface area (Å²) in [6.07, 6.45) is 0.420. The minimum Gasteiger partial charge on any atom is -0.338 e. The highest BCUT2D eigenvalue weighted by atomic mass is 16.2. The number of amides is 2. The monoisotopic (exact) mass is 271 g/mol. The minimum absolute atomic E-state index is 0.00591. The molecule has 5 nitrogen and oxygen atoms in total. The smallest absolute Gasteiger partial charge is 0.253 e. The van der Waals surface area contributed by atoms with E-state index in [1.165, 1.54) is 0 Å². The van der Waals surface area contributed by atoms with Crippen LogP contribution in [0.4, 0.5) is 5.69 Å². The summed E-state index contributed by atoms with van der Waals surface area (Å²) < 4.78 is 0. The topological polar surface area (TPSA) is 61.4 Å². The molecule has 1 aromatic carbocycles. The summed E-state index contributed by atoms with van der Waals surface area (Å²) in [6.45, 7) is 3.74. The Morgan fingerprint density at radius 3 is 2.70 bits per heavy atom. The average Bonchev–Trinajstić information content (AvgIpc) is 3.08. The number of anilines is 1. The predicted molar refractivity (Wildman–Crippen MR) is 74.5 cm³/mol. The average molecular weight is 271 g/mol. The Morgan fingerprint density at radius 2 is 1.95 bits per heavy atom. The number of hydrogen-bond acceptors (Lipinski definition) is 3. The lowest BCUT2D eigenvalue weighted by atomic mass is 10.0. The van der Waals surface area contributed by atoms with Crippen LogP contribution in [0.5, 0.6) is 0 Å². The third kappa shape index (κ3) is 1.81. The third-order valence-electron chi connectivity index (χ3n) is 4.66. The van der Waals surface area contributed by atoms with E-state index in [4.69, 9.17) is 0 Å². The first-order valence-electron chi connectivity index (χ1n) is 7.13. The maximum Gasteiger partial charge on any atom is 0.253 e. The molecule has 0 unspecified atom stereocenters. The highest BCUT2D eigenvalue weighted by molar-refractivity contribution is 6.02. The molecule has 0 aromatic heterocycles. The molecule has 0 bridgehead atoms. The second kappa shape index (κ2) is 4.31. The van der Waals surface area contributed by atoms with Crippen molar-refractivity contribution in [1.29, 1.82) is 0 Å². The lowest BCUT2D eigenvalue weighted by molar-refractivity contribution is -0.115. The van der Waals surface area contributed by atoms with Gasteiger partial charge in [0.1, 0.15) is 0 Å². The molecule has 1 aromatic rings. The van der Waals surface area contributed by atoms with E-state index in [-0.39, 0.29) is 11.8 Å². The molecule has 2 amide bonds. The van der Waals surface area contributed by atoms with Crippen LogP contribution in [-0.4, -0.2) is 42.9 Å². The second-order valence-corrected chi connectivity index (χ2v) is 5.99. The Hall–Kier alpha value is -1.88. The first kappa shape index (κ1) is 11.9. The summed E-state index contributed by atoms with van der Waals surface area (Å²) >= 11 is 0. The molecule has 2 N–H and O–H groups in total. The molecule has 3 aliphatic heterocycles. The van der Waals surface area contributed by atoms with E-state index in [9.17, 15) is 9.59 Å². The molecule has 104 valence electrons. The zero-order valence-electron chi connectivity index (χ0n) is 11.2. The molecule has 0 aliphatic carbocycles. The zero-order valence-corrected chi connectivity index (χ0v) is 11.2. The standard InChI is InChI=1S/C15H17N3O2/c19-14-4-9-1-2-10(3-13(9)17-14)15(20)18-7-11-5-16-6-12(11)8-18/h1-3,11-12,16H,4-8H2,(H,17,19)/t11-,12+. The number of likely N-dealkylation sites (tertiary alicyclic amines) is 1. The van der Waals surface area contributed by atoms with Crippen molar-refractivity contribution in [2.45, 2.75) is 6.42 Å². The molecule has 5 heteroatoms. The molecular formula is C15H17N3O2. The van der Waals surface area contributed by atoms with Gasteiger partial charge in [0.05, 0.1) is 6.42 Å². The number of fused-ring (bicyclic) bond motifs is 2. The van der Waals surface area contributed by atoms with Gasteiger partial charge in [0.2, 0.25) is 5.91 Å².